The Bertz CT molecular complexity index is 482. The highest BCUT2D eigenvalue weighted by molar-refractivity contribution is 7.90. The third kappa shape index (κ3) is 2.18. The van der Waals surface area contributed by atoms with E-state index >= 15 is 0 Å². The zero-order valence-corrected chi connectivity index (χ0v) is 12.3. The van der Waals surface area contributed by atoms with E-state index < -0.39 is 10.0 Å². The van der Waals surface area contributed by atoms with Gasteiger partial charge in [-0.25, -0.2) is 8.42 Å². The lowest BCUT2D eigenvalue weighted by Gasteiger charge is -2.50. The fourth-order valence-corrected chi connectivity index (χ4v) is 5.47. The van der Waals surface area contributed by atoms with Crippen LogP contribution in [-0.4, -0.2) is 54.5 Å². The van der Waals surface area contributed by atoms with Gasteiger partial charge in [-0.1, -0.05) is 0 Å². The molecular formula is C13H22N2O3S. The summed E-state index contributed by atoms with van der Waals surface area (Å²) >= 11 is 0. The molecule has 0 aromatic heterocycles. The quantitative estimate of drug-likeness (QED) is 0.759. The molecule has 1 spiro atoms. The highest BCUT2D eigenvalue weighted by Crippen LogP contribution is 2.39. The smallest absolute Gasteiger partial charge is 0.222 e. The summed E-state index contributed by atoms with van der Waals surface area (Å²) in [4.78, 5) is 13.8. The summed E-state index contributed by atoms with van der Waals surface area (Å²) in [6.07, 6.45) is 5.84. The molecule has 0 N–H and O–H groups in total. The van der Waals surface area contributed by atoms with Gasteiger partial charge in [-0.3, -0.25) is 4.79 Å². The number of carbonyl (C=O) groups excluding carboxylic acids is 1. The van der Waals surface area contributed by atoms with Crippen LogP contribution < -0.4 is 0 Å². The molecule has 1 aliphatic carbocycles. The molecule has 19 heavy (non-hydrogen) atoms. The third-order valence-corrected chi connectivity index (χ3v) is 7.29. The van der Waals surface area contributed by atoms with Crippen LogP contribution in [0, 0.1) is 0 Å². The maximum atomic E-state index is 12.4. The van der Waals surface area contributed by atoms with E-state index in [-0.39, 0.29) is 16.7 Å². The lowest BCUT2D eigenvalue weighted by Crippen LogP contribution is -2.62. The number of sulfonamides is 1. The van der Waals surface area contributed by atoms with Crippen molar-refractivity contribution in [3.8, 4) is 0 Å². The molecule has 0 radical (unpaired) electrons. The molecule has 2 heterocycles. The highest BCUT2D eigenvalue weighted by atomic mass is 32.2. The third-order valence-electron chi connectivity index (χ3n) is 4.94. The predicted molar refractivity (Wildman–Crippen MR) is 72.1 cm³/mol. The average Bonchev–Trinajstić information content (AvgIpc) is 3.21. The van der Waals surface area contributed by atoms with Crippen LogP contribution in [0.15, 0.2) is 0 Å². The largest absolute Gasteiger partial charge is 0.339 e. The van der Waals surface area contributed by atoms with Crippen molar-refractivity contribution in [2.75, 3.05) is 20.1 Å². The van der Waals surface area contributed by atoms with Gasteiger partial charge >= 0.3 is 0 Å². The molecule has 5 nitrogen and oxygen atoms in total. The number of amides is 1. The average molecular weight is 286 g/mol. The monoisotopic (exact) mass is 286 g/mol. The Kier molecular flexibility index (Phi) is 3.13. The van der Waals surface area contributed by atoms with Crippen molar-refractivity contribution >= 4 is 15.9 Å². The van der Waals surface area contributed by atoms with Crippen LogP contribution >= 0.6 is 0 Å². The van der Waals surface area contributed by atoms with E-state index in [4.69, 9.17) is 0 Å². The summed E-state index contributed by atoms with van der Waals surface area (Å²) in [5, 5.41) is -0.146. The first kappa shape index (κ1) is 13.4. The molecular weight excluding hydrogens is 264 g/mol. The molecule has 0 bridgehead atoms. The van der Waals surface area contributed by atoms with Crippen molar-refractivity contribution < 1.29 is 13.2 Å². The fourth-order valence-electron chi connectivity index (χ4n) is 3.51. The molecule has 108 valence electrons. The lowest BCUT2D eigenvalue weighted by molar-refractivity contribution is -0.141. The molecule has 1 unspecified atom stereocenters. The lowest BCUT2D eigenvalue weighted by atomic mass is 9.81. The molecule has 1 atom stereocenters. The molecule has 3 fully saturated rings. The Morgan fingerprint density at radius 1 is 1.21 bits per heavy atom. The minimum Gasteiger partial charge on any atom is -0.339 e. The zero-order valence-electron chi connectivity index (χ0n) is 11.5. The Balaban J connectivity index is 1.82. The molecule has 1 saturated carbocycles. The maximum absolute atomic E-state index is 12.4. The van der Waals surface area contributed by atoms with Gasteiger partial charge in [0, 0.05) is 26.6 Å². The SMILES string of the molecule is CN1C(=O)CCCC12CCCN(S(=O)(=O)C1CC1)C2. The Labute approximate surface area is 115 Å². The van der Waals surface area contributed by atoms with Crippen LogP contribution in [-0.2, 0) is 14.8 Å². The molecule has 2 saturated heterocycles. The van der Waals surface area contributed by atoms with Gasteiger partial charge in [-0.05, 0) is 38.5 Å². The number of hydrogen-bond acceptors (Lipinski definition) is 3. The summed E-state index contributed by atoms with van der Waals surface area (Å²) in [5.41, 5.74) is -0.241. The Hall–Kier alpha value is -0.620. The molecule has 6 heteroatoms. The second kappa shape index (κ2) is 4.45. The summed E-state index contributed by atoms with van der Waals surface area (Å²) < 4.78 is 26.4. The number of nitrogens with zero attached hydrogens (tertiary/aromatic N) is 2. The van der Waals surface area contributed by atoms with Crippen molar-refractivity contribution in [1.82, 2.24) is 9.21 Å². The van der Waals surface area contributed by atoms with E-state index in [0.29, 0.717) is 19.5 Å². The zero-order chi connectivity index (χ0) is 13.7. The Morgan fingerprint density at radius 3 is 2.58 bits per heavy atom. The molecule has 3 rings (SSSR count). The van der Waals surface area contributed by atoms with Crippen LogP contribution in [0.4, 0.5) is 0 Å². The van der Waals surface area contributed by atoms with Crippen LogP contribution in [0.25, 0.3) is 0 Å². The maximum Gasteiger partial charge on any atom is 0.222 e. The minimum atomic E-state index is -3.11. The first-order valence-corrected chi connectivity index (χ1v) is 8.72. The van der Waals surface area contributed by atoms with Crippen molar-refractivity contribution in [3.63, 3.8) is 0 Å². The van der Waals surface area contributed by atoms with Crippen LogP contribution in [0.2, 0.25) is 0 Å². The van der Waals surface area contributed by atoms with E-state index in [2.05, 4.69) is 0 Å². The molecule has 1 amide bonds. The predicted octanol–water partition coefficient (Wildman–Crippen LogP) is 0.956. The van der Waals surface area contributed by atoms with E-state index in [9.17, 15) is 13.2 Å². The number of hydrogen-bond donors (Lipinski definition) is 0. The number of piperidine rings is 2. The van der Waals surface area contributed by atoms with E-state index in [1.807, 2.05) is 11.9 Å². The van der Waals surface area contributed by atoms with Gasteiger partial charge in [0.1, 0.15) is 0 Å². The second-order valence-electron chi connectivity index (χ2n) is 6.21. The van der Waals surface area contributed by atoms with Gasteiger partial charge in [0.25, 0.3) is 0 Å². The van der Waals surface area contributed by atoms with Crippen LogP contribution in [0.5, 0.6) is 0 Å². The van der Waals surface area contributed by atoms with Crippen molar-refractivity contribution in [1.29, 1.82) is 0 Å². The first-order valence-electron chi connectivity index (χ1n) is 7.21. The van der Waals surface area contributed by atoms with Gasteiger partial charge in [-0.15, -0.1) is 0 Å². The Morgan fingerprint density at radius 2 is 1.89 bits per heavy atom. The highest BCUT2D eigenvalue weighted by Gasteiger charge is 2.48. The first-order chi connectivity index (χ1) is 8.96. The standard InChI is InChI=1S/C13H22N2O3S/c1-14-12(16)4-2-7-13(14)8-3-9-15(10-13)19(17,18)11-5-6-11/h11H,2-10H2,1H3. The van der Waals surface area contributed by atoms with Crippen molar-refractivity contribution in [2.45, 2.75) is 55.7 Å². The fraction of sp³-hybridized carbons (Fsp3) is 0.923. The van der Waals surface area contributed by atoms with Crippen molar-refractivity contribution in [2.24, 2.45) is 0 Å². The number of carbonyl (C=O) groups is 1. The molecule has 3 aliphatic rings. The summed E-state index contributed by atoms with van der Waals surface area (Å²) in [6, 6.07) is 0. The molecule has 0 aromatic rings. The number of likely N-dealkylation sites (N-methyl/N-ethyl adjacent to an activating group) is 1. The number of rotatable bonds is 2. The summed E-state index contributed by atoms with van der Waals surface area (Å²) in [5.74, 6) is 0.164. The van der Waals surface area contributed by atoms with Crippen LogP contribution in [0.1, 0.15) is 44.9 Å². The van der Waals surface area contributed by atoms with E-state index in [1.54, 1.807) is 4.31 Å². The molecule has 0 aromatic carbocycles. The van der Waals surface area contributed by atoms with Gasteiger partial charge in [-0.2, -0.15) is 4.31 Å². The second-order valence-corrected chi connectivity index (χ2v) is 8.43. The van der Waals surface area contributed by atoms with Crippen molar-refractivity contribution in [3.05, 3.63) is 0 Å². The minimum absolute atomic E-state index is 0.146. The normalized spacial score (nSPS) is 33.9. The van der Waals surface area contributed by atoms with Gasteiger partial charge in [0.2, 0.25) is 15.9 Å². The van der Waals surface area contributed by atoms with Gasteiger partial charge < -0.3 is 4.90 Å². The summed E-state index contributed by atoms with van der Waals surface area (Å²) in [7, 11) is -1.27. The van der Waals surface area contributed by atoms with Gasteiger partial charge in [0.15, 0.2) is 0 Å². The van der Waals surface area contributed by atoms with E-state index in [1.165, 1.54) is 0 Å². The number of likely N-dealkylation sites (tertiary alicyclic amines) is 1. The van der Waals surface area contributed by atoms with Crippen LogP contribution in [0.3, 0.4) is 0 Å². The summed E-state index contributed by atoms with van der Waals surface area (Å²) in [6.45, 7) is 1.14. The molecule has 2 aliphatic heterocycles. The van der Waals surface area contributed by atoms with E-state index in [0.717, 1.165) is 38.5 Å². The van der Waals surface area contributed by atoms with Gasteiger partial charge in [0.05, 0.1) is 10.8 Å². The topological polar surface area (TPSA) is 57.7 Å².